The summed E-state index contributed by atoms with van der Waals surface area (Å²) in [6.45, 7) is 2.41. The van der Waals surface area contributed by atoms with Crippen LogP contribution in [0, 0.1) is 11.7 Å². The Hall–Kier alpha value is -1.63. The number of nitrogens with one attached hydrogen (secondary N) is 2. The van der Waals surface area contributed by atoms with Crippen molar-refractivity contribution < 1.29 is 9.18 Å². The number of nitrogens with zero attached hydrogens (tertiary/aromatic N) is 2. The smallest absolute Gasteiger partial charge is 0.220 e. The number of carbonyl (C=O) groups is 1. The largest absolute Gasteiger partial charge is 0.352 e. The van der Waals surface area contributed by atoms with Crippen molar-refractivity contribution in [1.29, 1.82) is 0 Å². The number of hydrogen-bond donors (Lipinski definition) is 2. The Bertz CT molecular complexity index is 661. The van der Waals surface area contributed by atoms with E-state index in [1.807, 2.05) is 6.07 Å². The van der Waals surface area contributed by atoms with E-state index in [9.17, 15) is 9.18 Å². The number of carbonyl (C=O) groups excluding carboxylic acids is 1. The number of benzene rings is 1. The average molecular weight is 389 g/mol. The van der Waals surface area contributed by atoms with Crippen molar-refractivity contribution in [3.8, 4) is 5.69 Å². The highest BCUT2D eigenvalue weighted by Gasteiger charge is 2.15. The van der Waals surface area contributed by atoms with E-state index >= 15 is 0 Å². The molecule has 1 aliphatic rings. The van der Waals surface area contributed by atoms with Crippen LogP contribution in [0.25, 0.3) is 5.69 Å². The van der Waals surface area contributed by atoms with E-state index in [1.54, 1.807) is 29.4 Å². The van der Waals surface area contributed by atoms with Crippen molar-refractivity contribution in [2.45, 2.75) is 25.8 Å². The molecule has 1 amide bonds. The molecule has 2 aromatic rings. The van der Waals surface area contributed by atoms with Gasteiger partial charge in [-0.2, -0.15) is 0 Å². The van der Waals surface area contributed by atoms with E-state index in [2.05, 4.69) is 15.6 Å². The Morgan fingerprint density at radius 3 is 2.88 bits per heavy atom. The molecule has 1 aromatic heterocycles. The van der Waals surface area contributed by atoms with Gasteiger partial charge in [0.05, 0.1) is 12.0 Å². The van der Waals surface area contributed by atoms with Gasteiger partial charge in [-0.1, -0.05) is 6.07 Å². The summed E-state index contributed by atoms with van der Waals surface area (Å²) < 4.78 is 15.7. The van der Waals surface area contributed by atoms with Gasteiger partial charge in [0.15, 0.2) is 0 Å². The van der Waals surface area contributed by atoms with E-state index < -0.39 is 0 Å². The molecule has 0 saturated carbocycles. The summed E-state index contributed by atoms with van der Waals surface area (Å²) in [6, 6.07) is 4.97. The molecule has 2 N–H and O–H groups in total. The minimum atomic E-state index is -0.327. The molecule has 1 fully saturated rings. The van der Waals surface area contributed by atoms with Gasteiger partial charge in [0.25, 0.3) is 0 Å². The van der Waals surface area contributed by atoms with Crippen molar-refractivity contribution in [2.24, 2.45) is 5.92 Å². The fraction of sp³-hybridized carbons (Fsp3) is 0.412. The highest BCUT2D eigenvalue weighted by Crippen LogP contribution is 2.16. The molecule has 0 radical (unpaired) electrons. The van der Waals surface area contributed by atoms with Crippen LogP contribution in [0.4, 0.5) is 4.39 Å². The number of imidazole rings is 1. The summed E-state index contributed by atoms with van der Waals surface area (Å²) >= 11 is 0. The zero-order valence-electron chi connectivity index (χ0n) is 13.8. The molecule has 0 bridgehead atoms. The third-order valence-corrected chi connectivity index (χ3v) is 4.23. The van der Waals surface area contributed by atoms with Crippen molar-refractivity contribution in [1.82, 2.24) is 20.2 Å². The second kappa shape index (κ2) is 10.4. The molecule has 1 aromatic carbocycles. The maximum atomic E-state index is 14.1. The second-order valence-corrected chi connectivity index (χ2v) is 5.93. The summed E-state index contributed by atoms with van der Waals surface area (Å²) in [6.07, 6.45) is 7.44. The molecule has 0 spiro atoms. The first kappa shape index (κ1) is 21.4. The summed E-state index contributed by atoms with van der Waals surface area (Å²) in [5, 5.41) is 6.16. The standard InChI is InChI=1S/C17H21FN4O.2ClH/c18-15-9-14(1-3-16(15)22-8-7-20-12-22)11-21-17(23)4-2-13-5-6-19-10-13;;/h1,3,7-9,12-13,19H,2,4-6,10-11H2,(H,21,23);2*1H. The zero-order valence-corrected chi connectivity index (χ0v) is 15.4. The van der Waals surface area contributed by atoms with Crippen LogP contribution in [-0.2, 0) is 11.3 Å². The maximum Gasteiger partial charge on any atom is 0.220 e. The zero-order chi connectivity index (χ0) is 16.1. The van der Waals surface area contributed by atoms with Gasteiger partial charge in [-0.25, -0.2) is 9.37 Å². The van der Waals surface area contributed by atoms with E-state index in [0.717, 1.165) is 31.5 Å². The first-order valence-electron chi connectivity index (χ1n) is 7.96. The molecule has 0 aliphatic carbocycles. The number of amides is 1. The van der Waals surface area contributed by atoms with Crippen molar-refractivity contribution in [2.75, 3.05) is 13.1 Å². The molecule has 1 saturated heterocycles. The SMILES string of the molecule is Cl.Cl.O=C(CCC1CCNC1)NCc1ccc(-n2ccnc2)c(F)c1. The van der Waals surface area contributed by atoms with E-state index in [1.165, 1.54) is 6.07 Å². The minimum absolute atomic E-state index is 0. The van der Waals surface area contributed by atoms with E-state index in [4.69, 9.17) is 0 Å². The molecule has 5 nitrogen and oxygen atoms in total. The lowest BCUT2D eigenvalue weighted by molar-refractivity contribution is -0.121. The van der Waals surface area contributed by atoms with Gasteiger partial charge in [-0.15, -0.1) is 24.8 Å². The topological polar surface area (TPSA) is 59.0 Å². The highest BCUT2D eigenvalue weighted by molar-refractivity contribution is 5.85. The number of rotatable bonds is 6. The fourth-order valence-corrected chi connectivity index (χ4v) is 2.86. The molecule has 2 heterocycles. The van der Waals surface area contributed by atoms with Gasteiger partial charge in [-0.05, 0) is 49.5 Å². The van der Waals surface area contributed by atoms with Crippen LogP contribution in [0.2, 0.25) is 0 Å². The van der Waals surface area contributed by atoms with Gasteiger partial charge >= 0.3 is 0 Å². The quantitative estimate of drug-likeness (QED) is 0.799. The van der Waals surface area contributed by atoms with Crippen LogP contribution in [0.15, 0.2) is 36.9 Å². The molecular weight excluding hydrogens is 366 g/mol. The summed E-state index contributed by atoms with van der Waals surface area (Å²) in [7, 11) is 0. The predicted molar refractivity (Wildman–Crippen MR) is 100 cm³/mol. The van der Waals surface area contributed by atoms with Gasteiger partial charge in [0, 0.05) is 25.4 Å². The van der Waals surface area contributed by atoms with Crippen LogP contribution >= 0.6 is 24.8 Å². The Morgan fingerprint density at radius 1 is 1.40 bits per heavy atom. The average Bonchev–Trinajstić information content (AvgIpc) is 3.24. The van der Waals surface area contributed by atoms with Gasteiger partial charge < -0.3 is 15.2 Å². The van der Waals surface area contributed by atoms with Gasteiger partial charge in [0.1, 0.15) is 5.82 Å². The third kappa shape index (κ3) is 5.99. The molecule has 3 rings (SSSR count). The number of halogens is 3. The fourth-order valence-electron chi connectivity index (χ4n) is 2.86. The molecule has 25 heavy (non-hydrogen) atoms. The lowest BCUT2D eigenvalue weighted by Crippen LogP contribution is -2.23. The number of aromatic nitrogens is 2. The Morgan fingerprint density at radius 2 is 2.24 bits per heavy atom. The molecular formula is C17H23Cl2FN4O. The van der Waals surface area contributed by atoms with Crippen molar-refractivity contribution in [3.63, 3.8) is 0 Å². The first-order chi connectivity index (χ1) is 11.2. The van der Waals surface area contributed by atoms with Gasteiger partial charge in [-0.3, -0.25) is 4.79 Å². The number of hydrogen-bond acceptors (Lipinski definition) is 3. The minimum Gasteiger partial charge on any atom is -0.352 e. The maximum absolute atomic E-state index is 14.1. The Kier molecular flexibility index (Phi) is 8.89. The molecule has 1 aliphatic heterocycles. The predicted octanol–water partition coefficient (Wildman–Crippen LogP) is 2.86. The molecule has 1 unspecified atom stereocenters. The Labute approximate surface area is 159 Å². The first-order valence-corrected chi connectivity index (χ1v) is 7.96. The summed E-state index contributed by atoms with van der Waals surface area (Å²) in [4.78, 5) is 15.8. The van der Waals surface area contributed by atoms with E-state index in [0.29, 0.717) is 24.6 Å². The second-order valence-electron chi connectivity index (χ2n) is 5.93. The summed E-state index contributed by atoms with van der Waals surface area (Å²) in [5.74, 6) is 0.301. The monoisotopic (exact) mass is 388 g/mol. The summed E-state index contributed by atoms with van der Waals surface area (Å²) in [5.41, 5.74) is 1.20. The molecule has 1 atom stereocenters. The van der Waals surface area contributed by atoms with Crippen LogP contribution in [-0.4, -0.2) is 28.5 Å². The highest BCUT2D eigenvalue weighted by atomic mass is 35.5. The van der Waals surface area contributed by atoms with Crippen LogP contribution < -0.4 is 10.6 Å². The van der Waals surface area contributed by atoms with E-state index in [-0.39, 0.29) is 36.5 Å². The van der Waals surface area contributed by atoms with Crippen LogP contribution in [0.1, 0.15) is 24.8 Å². The molecule has 138 valence electrons. The van der Waals surface area contributed by atoms with Crippen LogP contribution in [0.5, 0.6) is 0 Å². The molecule has 8 heteroatoms. The third-order valence-electron chi connectivity index (χ3n) is 4.23. The van der Waals surface area contributed by atoms with Gasteiger partial charge in [0.2, 0.25) is 5.91 Å². The lowest BCUT2D eigenvalue weighted by Gasteiger charge is -2.10. The van der Waals surface area contributed by atoms with Crippen LogP contribution in [0.3, 0.4) is 0 Å². The lowest BCUT2D eigenvalue weighted by atomic mass is 10.0. The van der Waals surface area contributed by atoms with Crippen molar-refractivity contribution >= 4 is 30.7 Å². The normalized spacial score (nSPS) is 16.0. The van der Waals surface area contributed by atoms with Crippen molar-refractivity contribution in [3.05, 3.63) is 48.3 Å². The Balaban J connectivity index is 0.00000156.